The summed E-state index contributed by atoms with van der Waals surface area (Å²) in [5.74, 6) is -0.0122. The predicted octanol–water partition coefficient (Wildman–Crippen LogP) is 3.46. The van der Waals surface area contributed by atoms with Crippen molar-refractivity contribution in [1.29, 1.82) is 0 Å². The van der Waals surface area contributed by atoms with E-state index in [1.54, 1.807) is 4.90 Å². The summed E-state index contributed by atoms with van der Waals surface area (Å²) in [4.78, 5) is 16.2. The maximum Gasteiger partial charge on any atom is 0.401 e. The fourth-order valence-corrected chi connectivity index (χ4v) is 3.92. The average molecular weight is 326 g/mol. The zero-order valence-electron chi connectivity index (χ0n) is 13.0. The molecule has 1 amide bonds. The van der Waals surface area contributed by atoms with E-state index >= 15 is 0 Å². The van der Waals surface area contributed by atoms with Gasteiger partial charge in [0.25, 0.3) is 0 Å². The van der Waals surface area contributed by atoms with Gasteiger partial charge in [0.2, 0.25) is 5.91 Å². The number of carbonyl (C=O) groups excluding carboxylic acids is 1. The quantitative estimate of drug-likeness (QED) is 0.831. The van der Waals surface area contributed by atoms with Crippen LogP contribution in [0.1, 0.15) is 25.7 Å². The van der Waals surface area contributed by atoms with Crippen LogP contribution in [-0.4, -0.2) is 43.2 Å². The maximum absolute atomic E-state index is 13.0. The van der Waals surface area contributed by atoms with E-state index in [2.05, 4.69) is 0 Å². The van der Waals surface area contributed by atoms with E-state index in [0.717, 1.165) is 12.1 Å². The molecule has 3 nitrogen and oxygen atoms in total. The highest BCUT2D eigenvalue weighted by molar-refractivity contribution is 5.98. The van der Waals surface area contributed by atoms with Crippen LogP contribution in [0.2, 0.25) is 0 Å². The number of para-hydroxylation sites is 1. The molecule has 2 heterocycles. The minimum absolute atomic E-state index is 0.0122. The van der Waals surface area contributed by atoms with Crippen molar-refractivity contribution < 1.29 is 18.0 Å². The van der Waals surface area contributed by atoms with Gasteiger partial charge in [0, 0.05) is 18.8 Å². The van der Waals surface area contributed by atoms with Crippen molar-refractivity contribution >= 4 is 11.6 Å². The topological polar surface area (TPSA) is 23.6 Å². The highest BCUT2D eigenvalue weighted by atomic mass is 19.4. The van der Waals surface area contributed by atoms with Crippen molar-refractivity contribution in [3.63, 3.8) is 0 Å². The van der Waals surface area contributed by atoms with E-state index in [1.807, 2.05) is 30.3 Å². The Morgan fingerprint density at radius 1 is 1.04 bits per heavy atom. The van der Waals surface area contributed by atoms with Crippen LogP contribution < -0.4 is 4.90 Å². The van der Waals surface area contributed by atoms with Gasteiger partial charge >= 0.3 is 6.18 Å². The molecule has 23 heavy (non-hydrogen) atoms. The number of likely N-dealkylation sites (tertiary alicyclic amines) is 1. The van der Waals surface area contributed by atoms with Gasteiger partial charge < -0.3 is 4.90 Å². The molecule has 1 unspecified atom stereocenters. The molecule has 2 aliphatic rings. The molecule has 1 spiro atoms. The van der Waals surface area contributed by atoms with Gasteiger partial charge in [-0.2, -0.15) is 13.2 Å². The zero-order valence-corrected chi connectivity index (χ0v) is 13.0. The Balaban J connectivity index is 1.79. The summed E-state index contributed by atoms with van der Waals surface area (Å²) in [5, 5.41) is 0. The van der Waals surface area contributed by atoms with Gasteiger partial charge in [-0.05, 0) is 44.4 Å². The first-order chi connectivity index (χ1) is 10.9. The summed E-state index contributed by atoms with van der Waals surface area (Å²) in [6.45, 7) is 0.353. The second-order valence-corrected chi connectivity index (χ2v) is 6.61. The maximum atomic E-state index is 13.0. The van der Waals surface area contributed by atoms with E-state index in [1.165, 1.54) is 4.90 Å². The Morgan fingerprint density at radius 2 is 1.70 bits per heavy atom. The number of hydrogen-bond acceptors (Lipinski definition) is 2. The van der Waals surface area contributed by atoms with Gasteiger partial charge in [-0.3, -0.25) is 9.69 Å². The Morgan fingerprint density at radius 3 is 2.35 bits per heavy atom. The normalized spacial score (nSPS) is 26.7. The summed E-state index contributed by atoms with van der Waals surface area (Å²) in [5.41, 5.74) is 0.182. The summed E-state index contributed by atoms with van der Waals surface area (Å²) in [7, 11) is 0. The Labute approximate surface area is 134 Å². The van der Waals surface area contributed by atoms with Gasteiger partial charge in [0.15, 0.2) is 0 Å². The molecule has 1 aromatic rings. The SMILES string of the molecule is O=C1N(c2ccccc2)CCCC12CCCN(CC(F)(F)F)C2. The summed E-state index contributed by atoms with van der Waals surface area (Å²) >= 11 is 0. The molecule has 0 N–H and O–H groups in total. The molecule has 2 fully saturated rings. The first kappa shape index (κ1) is 16.3. The lowest BCUT2D eigenvalue weighted by molar-refractivity contribution is -0.158. The fourth-order valence-electron chi connectivity index (χ4n) is 3.92. The van der Waals surface area contributed by atoms with Crippen molar-refractivity contribution in [1.82, 2.24) is 4.90 Å². The van der Waals surface area contributed by atoms with E-state index in [9.17, 15) is 18.0 Å². The zero-order chi connectivity index (χ0) is 16.5. The smallest absolute Gasteiger partial charge is 0.312 e. The summed E-state index contributed by atoms with van der Waals surface area (Å²) < 4.78 is 38.1. The standard InChI is InChI=1S/C17H21F3N2O/c18-17(19,20)13-21-10-4-8-16(12-21)9-5-11-22(15(16)23)14-6-2-1-3-7-14/h1-3,6-7H,4-5,8-13H2. The number of carbonyl (C=O) groups is 1. The van der Waals surface area contributed by atoms with Crippen molar-refractivity contribution in [3.8, 4) is 0 Å². The lowest BCUT2D eigenvalue weighted by atomic mass is 9.73. The number of rotatable bonds is 2. The highest BCUT2D eigenvalue weighted by Crippen LogP contribution is 2.41. The number of hydrogen-bond donors (Lipinski definition) is 0. The number of halogens is 3. The molecule has 2 aliphatic heterocycles. The fraction of sp³-hybridized carbons (Fsp3) is 0.588. The molecule has 1 atom stereocenters. The third-order valence-corrected chi connectivity index (χ3v) is 4.86. The van der Waals surface area contributed by atoms with E-state index in [4.69, 9.17) is 0 Å². The lowest BCUT2D eigenvalue weighted by Crippen LogP contribution is -2.57. The minimum atomic E-state index is -4.21. The molecule has 0 aromatic heterocycles. The van der Waals surface area contributed by atoms with E-state index in [-0.39, 0.29) is 12.5 Å². The molecule has 6 heteroatoms. The van der Waals surface area contributed by atoms with Crippen molar-refractivity contribution in [3.05, 3.63) is 30.3 Å². The number of amides is 1. The third-order valence-electron chi connectivity index (χ3n) is 4.86. The van der Waals surface area contributed by atoms with Crippen molar-refractivity contribution in [2.45, 2.75) is 31.9 Å². The molecule has 1 aromatic carbocycles. The second kappa shape index (κ2) is 6.15. The Kier molecular flexibility index (Phi) is 4.36. The number of anilines is 1. The van der Waals surface area contributed by atoms with Crippen LogP contribution in [0.4, 0.5) is 18.9 Å². The number of nitrogens with zero attached hydrogens (tertiary/aromatic N) is 2. The van der Waals surface area contributed by atoms with Crippen LogP contribution >= 0.6 is 0 Å². The number of alkyl halides is 3. The Bertz CT molecular complexity index is 557. The van der Waals surface area contributed by atoms with Gasteiger partial charge in [0.1, 0.15) is 0 Å². The lowest BCUT2D eigenvalue weighted by Gasteiger charge is -2.47. The molecule has 2 saturated heterocycles. The van der Waals surface area contributed by atoms with E-state index < -0.39 is 18.1 Å². The van der Waals surface area contributed by atoms with Crippen molar-refractivity contribution in [2.75, 3.05) is 31.1 Å². The average Bonchev–Trinajstić information content (AvgIpc) is 2.50. The minimum Gasteiger partial charge on any atom is -0.312 e. The first-order valence-electron chi connectivity index (χ1n) is 8.06. The molecular formula is C17H21F3N2O. The largest absolute Gasteiger partial charge is 0.401 e. The van der Waals surface area contributed by atoms with Crippen LogP contribution in [0, 0.1) is 5.41 Å². The predicted molar refractivity (Wildman–Crippen MR) is 82.2 cm³/mol. The highest BCUT2D eigenvalue weighted by Gasteiger charge is 2.48. The van der Waals surface area contributed by atoms with Crippen LogP contribution in [0.25, 0.3) is 0 Å². The molecule has 0 saturated carbocycles. The second-order valence-electron chi connectivity index (χ2n) is 6.61. The molecular weight excluding hydrogens is 305 g/mol. The van der Waals surface area contributed by atoms with Gasteiger partial charge in [-0.1, -0.05) is 18.2 Å². The number of benzene rings is 1. The van der Waals surface area contributed by atoms with Gasteiger partial charge in [-0.15, -0.1) is 0 Å². The van der Waals surface area contributed by atoms with Crippen molar-refractivity contribution in [2.24, 2.45) is 5.41 Å². The monoisotopic (exact) mass is 326 g/mol. The Hall–Kier alpha value is -1.56. The molecule has 0 bridgehead atoms. The summed E-state index contributed by atoms with van der Waals surface area (Å²) in [6, 6.07) is 9.40. The summed E-state index contributed by atoms with van der Waals surface area (Å²) in [6.07, 6.45) is -1.37. The van der Waals surface area contributed by atoms with Gasteiger partial charge in [-0.25, -0.2) is 0 Å². The molecule has 3 rings (SSSR count). The number of piperidine rings is 2. The van der Waals surface area contributed by atoms with Crippen LogP contribution in [0.15, 0.2) is 30.3 Å². The molecule has 126 valence electrons. The molecule has 0 radical (unpaired) electrons. The van der Waals surface area contributed by atoms with E-state index in [0.29, 0.717) is 32.4 Å². The first-order valence-corrected chi connectivity index (χ1v) is 8.06. The van der Waals surface area contributed by atoms with Crippen LogP contribution in [0.3, 0.4) is 0 Å². The van der Waals surface area contributed by atoms with Gasteiger partial charge in [0.05, 0.1) is 12.0 Å². The van der Waals surface area contributed by atoms with Crippen LogP contribution in [0.5, 0.6) is 0 Å². The third kappa shape index (κ3) is 3.52. The molecule has 0 aliphatic carbocycles. The van der Waals surface area contributed by atoms with Crippen LogP contribution in [-0.2, 0) is 4.79 Å².